The molecule has 0 radical (unpaired) electrons. The number of benzene rings is 1. The first kappa shape index (κ1) is 16.2. The van der Waals surface area contributed by atoms with Crippen molar-refractivity contribution in [3.05, 3.63) is 35.9 Å². The van der Waals surface area contributed by atoms with Gasteiger partial charge in [0.2, 0.25) is 5.91 Å². The zero-order valence-electron chi connectivity index (χ0n) is 11.8. The molecule has 0 atom stereocenters. The number of carbonyl (C=O) groups excluding carboxylic acids is 1. The van der Waals surface area contributed by atoms with Crippen LogP contribution >= 0.6 is 0 Å². The van der Waals surface area contributed by atoms with Crippen molar-refractivity contribution < 1.29 is 14.7 Å². The number of amides is 1. The lowest BCUT2D eigenvalue weighted by molar-refractivity contribution is -0.137. The summed E-state index contributed by atoms with van der Waals surface area (Å²) in [6, 6.07) is 9.97. The van der Waals surface area contributed by atoms with E-state index in [2.05, 4.69) is 10.2 Å². The zero-order valence-corrected chi connectivity index (χ0v) is 11.8. The molecule has 0 aliphatic carbocycles. The number of carboxylic acids is 1. The Morgan fingerprint density at radius 3 is 2.50 bits per heavy atom. The third-order valence-corrected chi connectivity index (χ3v) is 2.92. The second kappa shape index (κ2) is 9.09. The van der Waals surface area contributed by atoms with E-state index in [1.54, 1.807) is 0 Å². The summed E-state index contributed by atoms with van der Waals surface area (Å²) >= 11 is 0. The monoisotopic (exact) mass is 278 g/mol. The number of aliphatic carboxylic acids is 1. The molecule has 0 aliphatic rings. The molecule has 0 unspecified atom stereocenters. The van der Waals surface area contributed by atoms with Gasteiger partial charge >= 0.3 is 5.97 Å². The molecule has 110 valence electrons. The van der Waals surface area contributed by atoms with Crippen molar-refractivity contribution >= 4 is 11.9 Å². The van der Waals surface area contributed by atoms with Gasteiger partial charge in [0.15, 0.2) is 0 Å². The van der Waals surface area contributed by atoms with E-state index in [1.807, 2.05) is 30.3 Å². The summed E-state index contributed by atoms with van der Waals surface area (Å²) in [5.41, 5.74) is 1.16. The molecular weight excluding hydrogens is 256 g/mol. The molecule has 0 saturated heterocycles. The summed E-state index contributed by atoms with van der Waals surface area (Å²) in [4.78, 5) is 23.6. The number of rotatable bonds is 9. The molecule has 20 heavy (non-hydrogen) atoms. The van der Waals surface area contributed by atoms with Crippen molar-refractivity contribution in [2.75, 3.05) is 19.6 Å². The van der Waals surface area contributed by atoms with Gasteiger partial charge in [0.05, 0.1) is 6.42 Å². The average molecular weight is 278 g/mol. The maximum atomic E-state index is 10.8. The Hall–Kier alpha value is -1.88. The van der Waals surface area contributed by atoms with Crippen molar-refractivity contribution in [1.29, 1.82) is 0 Å². The molecule has 0 aromatic heterocycles. The number of carboxylic acid groups (broad SMARTS) is 1. The van der Waals surface area contributed by atoms with Crippen molar-refractivity contribution in [3.8, 4) is 0 Å². The third kappa shape index (κ3) is 7.53. The fourth-order valence-electron chi connectivity index (χ4n) is 1.93. The second-order valence-electron chi connectivity index (χ2n) is 4.74. The Kier molecular flexibility index (Phi) is 7.35. The van der Waals surface area contributed by atoms with Crippen molar-refractivity contribution in [1.82, 2.24) is 10.2 Å². The predicted octanol–water partition coefficient (Wildman–Crippen LogP) is 1.49. The highest BCUT2D eigenvalue weighted by molar-refractivity contribution is 5.72. The van der Waals surface area contributed by atoms with Crippen LogP contribution in [0.1, 0.15) is 25.3 Å². The largest absolute Gasteiger partial charge is 0.481 e. The lowest BCUT2D eigenvalue weighted by atomic mass is 10.2. The van der Waals surface area contributed by atoms with Crippen molar-refractivity contribution in [2.45, 2.75) is 26.3 Å². The summed E-state index contributed by atoms with van der Waals surface area (Å²) in [5, 5.41) is 11.5. The van der Waals surface area contributed by atoms with Crippen LogP contribution in [0.3, 0.4) is 0 Å². The van der Waals surface area contributed by atoms with E-state index in [-0.39, 0.29) is 12.3 Å². The molecular formula is C15H22N2O3. The third-order valence-electron chi connectivity index (χ3n) is 2.92. The highest BCUT2D eigenvalue weighted by atomic mass is 16.4. The number of hydrogen-bond acceptors (Lipinski definition) is 3. The van der Waals surface area contributed by atoms with E-state index in [4.69, 9.17) is 5.11 Å². The normalized spacial score (nSPS) is 10.5. The van der Waals surface area contributed by atoms with Gasteiger partial charge in [-0.15, -0.1) is 0 Å². The molecule has 0 bridgehead atoms. The smallest absolute Gasteiger partial charge is 0.304 e. The lowest BCUT2D eigenvalue weighted by Gasteiger charge is -2.21. The summed E-state index contributed by atoms with van der Waals surface area (Å²) in [5.74, 6) is -0.824. The maximum absolute atomic E-state index is 10.8. The van der Waals surface area contributed by atoms with Crippen LogP contribution in [0.25, 0.3) is 0 Å². The fraction of sp³-hybridized carbons (Fsp3) is 0.467. The van der Waals surface area contributed by atoms with Gasteiger partial charge in [0, 0.05) is 33.1 Å². The van der Waals surface area contributed by atoms with Crippen LogP contribution in [-0.2, 0) is 16.1 Å². The van der Waals surface area contributed by atoms with Gasteiger partial charge < -0.3 is 10.4 Å². The molecule has 0 spiro atoms. The van der Waals surface area contributed by atoms with Crippen molar-refractivity contribution in [2.24, 2.45) is 0 Å². The molecule has 1 aromatic carbocycles. The molecule has 5 heteroatoms. The SMILES string of the molecule is CC(=O)NCCCN(CCC(=O)O)Cc1ccccc1. The Morgan fingerprint density at radius 1 is 1.20 bits per heavy atom. The van der Waals surface area contributed by atoms with Crippen molar-refractivity contribution in [3.63, 3.8) is 0 Å². The van der Waals surface area contributed by atoms with Gasteiger partial charge in [0.1, 0.15) is 0 Å². The quantitative estimate of drug-likeness (QED) is 0.671. The standard InChI is InChI=1S/C15H22N2O3/c1-13(18)16-9-5-10-17(11-8-15(19)20)12-14-6-3-2-4-7-14/h2-4,6-7H,5,8-12H2,1H3,(H,16,18)(H,19,20). The first-order valence-electron chi connectivity index (χ1n) is 6.80. The fourth-order valence-corrected chi connectivity index (χ4v) is 1.93. The summed E-state index contributed by atoms with van der Waals surface area (Å²) < 4.78 is 0. The van der Waals surface area contributed by atoms with Gasteiger partial charge in [0.25, 0.3) is 0 Å². The molecule has 5 nitrogen and oxygen atoms in total. The zero-order chi connectivity index (χ0) is 14.8. The van der Waals surface area contributed by atoms with Crippen LogP contribution in [-0.4, -0.2) is 41.5 Å². The molecule has 1 aromatic rings. The van der Waals surface area contributed by atoms with E-state index in [1.165, 1.54) is 6.92 Å². The lowest BCUT2D eigenvalue weighted by Crippen LogP contribution is -2.30. The van der Waals surface area contributed by atoms with Gasteiger partial charge in [-0.2, -0.15) is 0 Å². The Labute approximate surface area is 119 Å². The Balaban J connectivity index is 2.42. The highest BCUT2D eigenvalue weighted by Crippen LogP contribution is 2.05. The van der Waals surface area contributed by atoms with Gasteiger partial charge in [-0.25, -0.2) is 0 Å². The number of nitrogens with one attached hydrogen (secondary N) is 1. The highest BCUT2D eigenvalue weighted by Gasteiger charge is 2.08. The number of carbonyl (C=O) groups is 2. The van der Waals surface area contributed by atoms with E-state index >= 15 is 0 Å². The van der Waals surface area contributed by atoms with Crippen LogP contribution < -0.4 is 5.32 Å². The minimum atomic E-state index is -0.787. The Bertz CT molecular complexity index is 420. The maximum Gasteiger partial charge on any atom is 0.304 e. The molecule has 1 rings (SSSR count). The molecule has 0 saturated carbocycles. The van der Waals surface area contributed by atoms with Crippen LogP contribution in [0.15, 0.2) is 30.3 Å². The van der Waals surface area contributed by atoms with Gasteiger partial charge in [-0.05, 0) is 12.0 Å². The molecule has 0 heterocycles. The number of hydrogen-bond donors (Lipinski definition) is 2. The molecule has 2 N–H and O–H groups in total. The van der Waals surface area contributed by atoms with Crippen LogP contribution in [0.5, 0.6) is 0 Å². The number of nitrogens with zero attached hydrogens (tertiary/aromatic N) is 1. The van der Waals surface area contributed by atoms with Gasteiger partial charge in [-0.1, -0.05) is 30.3 Å². The second-order valence-corrected chi connectivity index (χ2v) is 4.74. The van der Waals surface area contributed by atoms with Crippen LogP contribution in [0.4, 0.5) is 0 Å². The topological polar surface area (TPSA) is 69.6 Å². The molecule has 0 fully saturated rings. The predicted molar refractivity (Wildman–Crippen MR) is 77.3 cm³/mol. The molecule has 0 aliphatic heterocycles. The first-order chi connectivity index (χ1) is 9.58. The van der Waals surface area contributed by atoms with Crippen LogP contribution in [0, 0.1) is 0 Å². The minimum Gasteiger partial charge on any atom is -0.481 e. The minimum absolute atomic E-state index is 0.0369. The van der Waals surface area contributed by atoms with E-state index < -0.39 is 5.97 Å². The summed E-state index contributed by atoms with van der Waals surface area (Å²) in [7, 11) is 0. The summed E-state index contributed by atoms with van der Waals surface area (Å²) in [6.07, 6.45) is 0.943. The molecule has 1 amide bonds. The van der Waals surface area contributed by atoms with Gasteiger partial charge in [-0.3, -0.25) is 14.5 Å². The van der Waals surface area contributed by atoms with E-state index in [0.29, 0.717) is 13.1 Å². The Morgan fingerprint density at radius 2 is 1.90 bits per heavy atom. The first-order valence-corrected chi connectivity index (χ1v) is 6.80. The summed E-state index contributed by atoms with van der Waals surface area (Å²) in [6.45, 7) is 4.13. The van der Waals surface area contributed by atoms with Crippen LogP contribution in [0.2, 0.25) is 0 Å². The van der Waals surface area contributed by atoms with E-state index in [9.17, 15) is 9.59 Å². The van der Waals surface area contributed by atoms with E-state index in [0.717, 1.165) is 25.1 Å². The average Bonchev–Trinajstić information content (AvgIpc) is 2.41.